The predicted molar refractivity (Wildman–Crippen MR) is 118 cm³/mol. The maximum absolute atomic E-state index is 12.8. The van der Waals surface area contributed by atoms with E-state index in [2.05, 4.69) is 11.9 Å². The van der Waals surface area contributed by atoms with E-state index >= 15 is 0 Å². The molecular weight excluding hydrogens is 400 g/mol. The lowest BCUT2D eigenvalue weighted by molar-refractivity contribution is -0.127. The summed E-state index contributed by atoms with van der Waals surface area (Å²) >= 11 is 0. The smallest absolute Gasteiger partial charge is 0.246 e. The van der Waals surface area contributed by atoms with Crippen molar-refractivity contribution in [1.82, 2.24) is 9.88 Å². The molecule has 6 nitrogen and oxygen atoms in total. The molecule has 1 fully saturated rings. The Morgan fingerprint density at radius 2 is 2.07 bits per heavy atom. The number of benzene rings is 1. The van der Waals surface area contributed by atoms with Crippen LogP contribution in [0.2, 0.25) is 0 Å². The molecule has 7 heteroatoms. The van der Waals surface area contributed by atoms with Crippen molar-refractivity contribution in [3.05, 3.63) is 66.0 Å². The maximum atomic E-state index is 12.8. The fourth-order valence-corrected chi connectivity index (χ4v) is 5.14. The number of pyridine rings is 1. The summed E-state index contributed by atoms with van der Waals surface area (Å²) in [6, 6.07) is 11.1. The molecule has 1 amide bonds. The number of nitrogens with zero attached hydrogens (tertiary/aromatic N) is 2. The second-order valence-corrected chi connectivity index (χ2v) is 9.72. The van der Waals surface area contributed by atoms with Gasteiger partial charge in [-0.05, 0) is 42.7 Å². The SMILES string of the molecule is CCCCN(C(=O)C=Cc1ccc(OCc2cccnc2)cc1)C1CCS(=O)(=O)C1. The molecule has 0 saturated carbocycles. The zero-order chi connectivity index (χ0) is 21.4. The van der Waals surface area contributed by atoms with Crippen LogP contribution in [0.1, 0.15) is 37.3 Å². The molecule has 1 aliphatic heterocycles. The van der Waals surface area contributed by atoms with Crippen LogP contribution in [0.5, 0.6) is 5.75 Å². The molecule has 2 heterocycles. The number of aromatic nitrogens is 1. The molecule has 160 valence electrons. The second kappa shape index (κ2) is 10.4. The van der Waals surface area contributed by atoms with E-state index in [0.717, 1.165) is 29.7 Å². The minimum absolute atomic E-state index is 0.0687. The standard InChI is InChI=1S/C23H28N2O4S/c1-2-3-14-25(21-12-15-30(27,28)18-21)23(26)11-8-19-6-9-22(10-7-19)29-17-20-5-4-13-24-16-20/h4-11,13,16,21H,2-3,12,14-15,17-18H2,1H3. The third-order valence-electron chi connectivity index (χ3n) is 5.11. The molecule has 2 aromatic rings. The summed E-state index contributed by atoms with van der Waals surface area (Å²) in [5.41, 5.74) is 1.87. The van der Waals surface area contributed by atoms with Crippen molar-refractivity contribution in [2.24, 2.45) is 0 Å². The van der Waals surface area contributed by atoms with E-state index in [1.54, 1.807) is 23.4 Å². The lowest BCUT2D eigenvalue weighted by Gasteiger charge is -2.27. The molecule has 0 bridgehead atoms. The van der Waals surface area contributed by atoms with Crippen molar-refractivity contribution in [1.29, 1.82) is 0 Å². The van der Waals surface area contributed by atoms with Crippen LogP contribution in [-0.2, 0) is 21.2 Å². The van der Waals surface area contributed by atoms with Crippen molar-refractivity contribution in [3.63, 3.8) is 0 Å². The summed E-state index contributed by atoms with van der Waals surface area (Å²) < 4.78 is 29.4. The lowest BCUT2D eigenvalue weighted by Crippen LogP contribution is -2.40. The Balaban J connectivity index is 1.59. The molecule has 1 aliphatic rings. The van der Waals surface area contributed by atoms with E-state index in [1.165, 1.54) is 6.08 Å². The van der Waals surface area contributed by atoms with E-state index < -0.39 is 9.84 Å². The van der Waals surface area contributed by atoms with Crippen LogP contribution in [0.4, 0.5) is 0 Å². The zero-order valence-corrected chi connectivity index (χ0v) is 18.1. The van der Waals surface area contributed by atoms with Gasteiger partial charge in [0.15, 0.2) is 9.84 Å². The number of hydrogen-bond donors (Lipinski definition) is 0. The Hall–Kier alpha value is -2.67. The van der Waals surface area contributed by atoms with Gasteiger partial charge in [0.1, 0.15) is 12.4 Å². The zero-order valence-electron chi connectivity index (χ0n) is 17.2. The van der Waals surface area contributed by atoms with Crippen molar-refractivity contribution in [2.45, 2.75) is 38.8 Å². The van der Waals surface area contributed by atoms with Gasteiger partial charge in [0.25, 0.3) is 0 Å². The van der Waals surface area contributed by atoms with Crippen LogP contribution in [0.25, 0.3) is 6.08 Å². The van der Waals surface area contributed by atoms with Crippen LogP contribution in [0.3, 0.4) is 0 Å². The Labute approximate surface area is 178 Å². The number of amides is 1. The Morgan fingerprint density at radius 3 is 2.70 bits per heavy atom. The Bertz CT molecular complexity index is 956. The van der Waals surface area contributed by atoms with Gasteiger partial charge in [0.05, 0.1) is 11.5 Å². The topological polar surface area (TPSA) is 76.6 Å². The van der Waals surface area contributed by atoms with Gasteiger partial charge in [-0.2, -0.15) is 0 Å². The van der Waals surface area contributed by atoms with E-state index in [4.69, 9.17) is 4.74 Å². The highest BCUT2D eigenvalue weighted by Crippen LogP contribution is 2.20. The summed E-state index contributed by atoms with van der Waals surface area (Å²) in [5.74, 6) is 0.836. The van der Waals surface area contributed by atoms with Crippen LogP contribution in [-0.4, -0.2) is 48.3 Å². The van der Waals surface area contributed by atoms with Gasteiger partial charge < -0.3 is 9.64 Å². The number of rotatable bonds is 9. The summed E-state index contributed by atoms with van der Waals surface area (Å²) in [7, 11) is -3.03. The number of hydrogen-bond acceptors (Lipinski definition) is 5. The van der Waals surface area contributed by atoms with Crippen molar-refractivity contribution < 1.29 is 17.9 Å². The maximum Gasteiger partial charge on any atom is 0.246 e. The molecule has 30 heavy (non-hydrogen) atoms. The molecule has 3 rings (SSSR count). The van der Waals surface area contributed by atoms with Gasteiger partial charge in [0.2, 0.25) is 5.91 Å². The van der Waals surface area contributed by atoms with E-state index in [-0.39, 0.29) is 23.5 Å². The Kier molecular flexibility index (Phi) is 7.63. The first-order valence-corrected chi connectivity index (χ1v) is 12.1. The van der Waals surface area contributed by atoms with Crippen LogP contribution >= 0.6 is 0 Å². The molecule has 1 atom stereocenters. The first-order valence-electron chi connectivity index (χ1n) is 10.3. The first-order chi connectivity index (χ1) is 14.5. The fourth-order valence-electron chi connectivity index (χ4n) is 3.41. The number of sulfone groups is 1. The molecule has 1 aromatic heterocycles. The molecule has 0 spiro atoms. The number of unbranched alkanes of at least 4 members (excludes halogenated alkanes) is 1. The monoisotopic (exact) mass is 428 g/mol. The molecule has 1 saturated heterocycles. The minimum atomic E-state index is -3.03. The third kappa shape index (κ3) is 6.42. The molecule has 1 aromatic carbocycles. The van der Waals surface area contributed by atoms with Crippen LogP contribution in [0.15, 0.2) is 54.9 Å². The highest BCUT2D eigenvalue weighted by molar-refractivity contribution is 7.91. The fraction of sp³-hybridized carbons (Fsp3) is 0.391. The van der Waals surface area contributed by atoms with Gasteiger partial charge in [-0.3, -0.25) is 9.78 Å². The van der Waals surface area contributed by atoms with Gasteiger partial charge >= 0.3 is 0 Å². The van der Waals surface area contributed by atoms with E-state index in [1.807, 2.05) is 36.4 Å². The number of carbonyl (C=O) groups excluding carboxylic acids is 1. The normalized spacial score (nSPS) is 17.8. The first kappa shape index (κ1) is 22.0. The Morgan fingerprint density at radius 1 is 1.27 bits per heavy atom. The molecule has 0 radical (unpaired) electrons. The quantitative estimate of drug-likeness (QED) is 0.572. The minimum Gasteiger partial charge on any atom is -0.489 e. The number of ether oxygens (including phenoxy) is 1. The van der Waals surface area contributed by atoms with Crippen molar-refractivity contribution >= 4 is 21.8 Å². The lowest BCUT2D eigenvalue weighted by atomic mass is 10.1. The van der Waals surface area contributed by atoms with E-state index in [9.17, 15) is 13.2 Å². The average Bonchev–Trinajstić information content (AvgIpc) is 3.12. The highest BCUT2D eigenvalue weighted by atomic mass is 32.2. The van der Waals surface area contributed by atoms with Crippen LogP contribution in [0, 0.1) is 0 Å². The molecule has 1 unspecified atom stereocenters. The second-order valence-electron chi connectivity index (χ2n) is 7.49. The number of carbonyl (C=O) groups is 1. The van der Waals surface area contributed by atoms with E-state index in [0.29, 0.717) is 19.6 Å². The molecule has 0 aliphatic carbocycles. The van der Waals surface area contributed by atoms with Gasteiger partial charge in [-0.1, -0.05) is 31.5 Å². The van der Waals surface area contributed by atoms with Crippen molar-refractivity contribution in [2.75, 3.05) is 18.1 Å². The predicted octanol–water partition coefficient (Wildman–Crippen LogP) is 3.49. The summed E-state index contributed by atoms with van der Waals surface area (Å²) in [4.78, 5) is 18.5. The van der Waals surface area contributed by atoms with Crippen molar-refractivity contribution in [3.8, 4) is 5.75 Å². The largest absolute Gasteiger partial charge is 0.489 e. The summed E-state index contributed by atoms with van der Waals surface area (Å²) in [6.07, 6.45) is 9.12. The van der Waals surface area contributed by atoms with Gasteiger partial charge in [-0.25, -0.2) is 8.42 Å². The molecule has 0 N–H and O–H groups in total. The highest BCUT2D eigenvalue weighted by Gasteiger charge is 2.33. The van der Waals surface area contributed by atoms with Crippen LogP contribution < -0.4 is 4.74 Å². The molecular formula is C23H28N2O4S. The summed E-state index contributed by atoms with van der Waals surface area (Å²) in [6.45, 7) is 3.08. The third-order valence-corrected chi connectivity index (χ3v) is 6.86. The van der Waals surface area contributed by atoms with Gasteiger partial charge in [0, 0.05) is 36.6 Å². The summed E-state index contributed by atoms with van der Waals surface area (Å²) in [5, 5.41) is 0. The average molecular weight is 429 g/mol. The van der Waals surface area contributed by atoms with Gasteiger partial charge in [-0.15, -0.1) is 0 Å².